The standard InChI is InChI=1S/C32H41N3O5S/c1-6-25(4)33-32(37)28(7-2)34(22-21-26-13-9-8-10-14-26)31(36)23-35(29-15-11-12-16-30(29)40-5)41(38,39)27-19-17-24(3)18-20-27/h8-20,25,28H,6-7,21-23H2,1-5H3,(H,33,37)/t25-,28-/m1/s1. The van der Waals surface area contributed by atoms with E-state index in [1.54, 1.807) is 36.4 Å². The molecule has 220 valence electrons. The van der Waals surface area contributed by atoms with Gasteiger partial charge in [0.1, 0.15) is 18.3 Å². The fraction of sp³-hybridized carbons (Fsp3) is 0.375. The molecule has 1 N–H and O–H groups in total. The summed E-state index contributed by atoms with van der Waals surface area (Å²) >= 11 is 0. The first kappa shape index (κ1) is 31.7. The molecule has 3 aromatic carbocycles. The van der Waals surface area contributed by atoms with Crippen molar-refractivity contribution >= 4 is 27.5 Å². The van der Waals surface area contributed by atoms with Gasteiger partial charge in [-0.1, -0.05) is 74.0 Å². The van der Waals surface area contributed by atoms with E-state index >= 15 is 0 Å². The summed E-state index contributed by atoms with van der Waals surface area (Å²) in [6.45, 7) is 7.37. The van der Waals surface area contributed by atoms with Crippen LogP contribution in [0.3, 0.4) is 0 Å². The van der Waals surface area contributed by atoms with E-state index in [-0.39, 0.29) is 29.1 Å². The van der Waals surface area contributed by atoms with E-state index in [1.807, 2.05) is 58.0 Å². The summed E-state index contributed by atoms with van der Waals surface area (Å²) in [4.78, 5) is 29.1. The normalized spacial score (nSPS) is 12.7. The first-order chi connectivity index (χ1) is 19.6. The van der Waals surface area contributed by atoms with Crippen LogP contribution in [0, 0.1) is 6.92 Å². The summed E-state index contributed by atoms with van der Waals surface area (Å²) in [5.41, 5.74) is 2.16. The lowest BCUT2D eigenvalue weighted by atomic mass is 10.1. The Morgan fingerprint density at radius 2 is 1.54 bits per heavy atom. The lowest BCUT2D eigenvalue weighted by Crippen LogP contribution is -2.54. The maximum absolute atomic E-state index is 14.1. The Morgan fingerprint density at radius 1 is 0.902 bits per heavy atom. The Balaban J connectivity index is 2.04. The lowest BCUT2D eigenvalue weighted by molar-refractivity contribution is -0.139. The quantitative estimate of drug-likeness (QED) is 0.291. The van der Waals surface area contributed by atoms with Gasteiger partial charge in [-0.2, -0.15) is 0 Å². The predicted octanol–water partition coefficient (Wildman–Crippen LogP) is 4.96. The zero-order valence-corrected chi connectivity index (χ0v) is 25.4. The van der Waals surface area contributed by atoms with Gasteiger partial charge in [0.25, 0.3) is 10.0 Å². The van der Waals surface area contributed by atoms with E-state index < -0.39 is 28.5 Å². The number of carbonyl (C=O) groups excluding carboxylic acids is 2. The number of nitrogens with zero attached hydrogens (tertiary/aromatic N) is 2. The monoisotopic (exact) mass is 579 g/mol. The molecular formula is C32H41N3O5S. The lowest BCUT2D eigenvalue weighted by Gasteiger charge is -2.34. The Morgan fingerprint density at radius 3 is 2.15 bits per heavy atom. The number of amides is 2. The van der Waals surface area contributed by atoms with Gasteiger partial charge in [-0.15, -0.1) is 0 Å². The van der Waals surface area contributed by atoms with Crippen molar-refractivity contribution in [2.45, 2.75) is 63.9 Å². The maximum Gasteiger partial charge on any atom is 0.264 e. The Kier molecular flexibility index (Phi) is 11.3. The molecule has 0 aliphatic carbocycles. The van der Waals surface area contributed by atoms with E-state index in [9.17, 15) is 18.0 Å². The number of nitrogens with one attached hydrogen (secondary N) is 1. The van der Waals surface area contributed by atoms with Crippen LogP contribution in [0.2, 0.25) is 0 Å². The van der Waals surface area contributed by atoms with Gasteiger partial charge in [-0.05, 0) is 62.9 Å². The number of hydrogen-bond donors (Lipinski definition) is 1. The van der Waals surface area contributed by atoms with E-state index in [1.165, 1.54) is 24.1 Å². The van der Waals surface area contributed by atoms with Crippen LogP contribution in [0.5, 0.6) is 5.75 Å². The van der Waals surface area contributed by atoms with E-state index in [4.69, 9.17) is 4.74 Å². The third-order valence-corrected chi connectivity index (χ3v) is 8.89. The van der Waals surface area contributed by atoms with E-state index in [0.29, 0.717) is 18.6 Å². The van der Waals surface area contributed by atoms with Gasteiger partial charge in [0.05, 0.1) is 17.7 Å². The van der Waals surface area contributed by atoms with Crippen LogP contribution in [0.15, 0.2) is 83.8 Å². The molecule has 2 atom stereocenters. The van der Waals surface area contributed by atoms with Gasteiger partial charge >= 0.3 is 0 Å². The van der Waals surface area contributed by atoms with Crippen LogP contribution in [0.1, 0.15) is 44.7 Å². The minimum atomic E-state index is -4.17. The molecule has 0 aliphatic heterocycles. The number of para-hydroxylation sites is 2. The van der Waals surface area contributed by atoms with Gasteiger partial charge in [0, 0.05) is 12.6 Å². The van der Waals surface area contributed by atoms with Crippen molar-refractivity contribution in [3.63, 3.8) is 0 Å². The van der Waals surface area contributed by atoms with E-state index in [2.05, 4.69) is 5.32 Å². The molecule has 0 fully saturated rings. The number of carbonyl (C=O) groups is 2. The number of sulfonamides is 1. The summed E-state index contributed by atoms with van der Waals surface area (Å²) < 4.78 is 34.6. The van der Waals surface area contributed by atoms with Crippen LogP contribution in [-0.2, 0) is 26.0 Å². The fourth-order valence-electron chi connectivity index (χ4n) is 4.52. The minimum absolute atomic E-state index is 0.0548. The van der Waals surface area contributed by atoms with Crippen LogP contribution >= 0.6 is 0 Å². The second-order valence-corrected chi connectivity index (χ2v) is 11.9. The molecule has 0 bridgehead atoms. The molecule has 41 heavy (non-hydrogen) atoms. The summed E-state index contributed by atoms with van der Waals surface area (Å²) in [5, 5.41) is 2.99. The Bertz CT molecular complexity index is 1390. The van der Waals surface area contributed by atoms with Crippen molar-refractivity contribution in [3.05, 3.63) is 90.0 Å². The van der Waals surface area contributed by atoms with Crippen molar-refractivity contribution in [2.75, 3.05) is 24.5 Å². The number of rotatable bonds is 14. The number of benzene rings is 3. The smallest absolute Gasteiger partial charge is 0.264 e. The zero-order chi connectivity index (χ0) is 30.0. The zero-order valence-electron chi connectivity index (χ0n) is 24.5. The van der Waals surface area contributed by atoms with Crippen LogP contribution in [-0.4, -0.2) is 57.4 Å². The highest BCUT2D eigenvalue weighted by Crippen LogP contribution is 2.32. The molecule has 0 unspecified atom stereocenters. The van der Waals surface area contributed by atoms with Gasteiger partial charge in [-0.25, -0.2) is 8.42 Å². The molecule has 8 nitrogen and oxygen atoms in total. The third-order valence-electron chi connectivity index (χ3n) is 7.11. The second kappa shape index (κ2) is 14.7. The summed E-state index contributed by atoms with van der Waals surface area (Å²) in [7, 11) is -2.72. The highest BCUT2D eigenvalue weighted by atomic mass is 32.2. The summed E-state index contributed by atoms with van der Waals surface area (Å²) in [6, 6.07) is 22.0. The van der Waals surface area contributed by atoms with Gasteiger partial charge in [-0.3, -0.25) is 13.9 Å². The molecule has 0 spiro atoms. The van der Waals surface area contributed by atoms with Crippen LogP contribution < -0.4 is 14.4 Å². The summed E-state index contributed by atoms with van der Waals surface area (Å²) in [6.07, 6.45) is 1.64. The molecule has 3 aromatic rings. The number of anilines is 1. The maximum atomic E-state index is 14.1. The van der Waals surface area contributed by atoms with Crippen molar-refractivity contribution in [3.8, 4) is 5.75 Å². The molecule has 2 amide bonds. The van der Waals surface area contributed by atoms with Gasteiger partial charge in [0.15, 0.2) is 0 Å². The number of aryl methyl sites for hydroxylation is 1. The first-order valence-corrected chi connectivity index (χ1v) is 15.4. The van der Waals surface area contributed by atoms with Crippen molar-refractivity contribution < 1.29 is 22.7 Å². The Labute approximate surface area is 244 Å². The van der Waals surface area contributed by atoms with Gasteiger partial charge in [0.2, 0.25) is 11.8 Å². The molecule has 0 aromatic heterocycles. The van der Waals surface area contributed by atoms with Gasteiger partial charge < -0.3 is 15.0 Å². The average molecular weight is 580 g/mol. The minimum Gasteiger partial charge on any atom is -0.495 e. The van der Waals surface area contributed by atoms with Crippen LogP contribution in [0.25, 0.3) is 0 Å². The number of hydrogen-bond acceptors (Lipinski definition) is 5. The SMILES string of the molecule is CC[C@@H](C)NC(=O)[C@@H](CC)N(CCc1ccccc1)C(=O)CN(c1ccccc1OC)S(=O)(=O)c1ccc(C)cc1. The van der Waals surface area contributed by atoms with Crippen molar-refractivity contribution in [2.24, 2.45) is 0 Å². The molecular weight excluding hydrogens is 538 g/mol. The largest absolute Gasteiger partial charge is 0.495 e. The summed E-state index contributed by atoms with van der Waals surface area (Å²) in [5.74, 6) is -0.421. The average Bonchev–Trinajstić information content (AvgIpc) is 2.98. The predicted molar refractivity (Wildman–Crippen MR) is 163 cm³/mol. The molecule has 0 saturated carbocycles. The molecule has 0 radical (unpaired) electrons. The number of ether oxygens (including phenoxy) is 1. The van der Waals surface area contributed by atoms with Crippen molar-refractivity contribution in [1.82, 2.24) is 10.2 Å². The fourth-order valence-corrected chi connectivity index (χ4v) is 5.95. The molecule has 0 aliphatic rings. The first-order valence-electron chi connectivity index (χ1n) is 14.0. The van der Waals surface area contributed by atoms with E-state index in [0.717, 1.165) is 21.9 Å². The molecule has 3 rings (SSSR count). The highest BCUT2D eigenvalue weighted by molar-refractivity contribution is 7.92. The van der Waals surface area contributed by atoms with Crippen LogP contribution in [0.4, 0.5) is 5.69 Å². The molecule has 0 heterocycles. The van der Waals surface area contributed by atoms with Crippen molar-refractivity contribution in [1.29, 1.82) is 0 Å². The highest BCUT2D eigenvalue weighted by Gasteiger charge is 2.34. The Hall–Kier alpha value is -3.85. The molecule has 9 heteroatoms. The second-order valence-electron chi connectivity index (χ2n) is 10.1. The molecule has 0 saturated heterocycles. The third kappa shape index (κ3) is 8.10. The number of methoxy groups -OCH3 is 1. The topological polar surface area (TPSA) is 96.0 Å².